The number of anilines is 1. The molecule has 0 heterocycles. The van der Waals surface area contributed by atoms with E-state index in [1.807, 2.05) is 0 Å². The summed E-state index contributed by atoms with van der Waals surface area (Å²) in [5.41, 5.74) is 0.618. The zero-order chi connectivity index (χ0) is 24.0. The first-order chi connectivity index (χ1) is 16.4. The van der Waals surface area contributed by atoms with Gasteiger partial charge in [0.1, 0.15) is 17.2 Å². The van der Waals surface area contributed by atoms with E-state index in [2.05, 4.69) is 21.2 Å². The third kappa shape index (κ3) is 6.41. The highest BCUT2D eigenvalue weighted by Gasteiger charge is 2.34. The molecule has 1 amide bonds. The molecule has 0 aliphatic carbocycles. The fourth-order valence-electron chi connectivity index (χ4n) is 2.89. The van der Waals surface area contributed by atoms with Crippen LogP contribution in [-0.2, 0) is 4.57 Å². The van der Waals surface area contributed by atoms with Crippen molar-refractivity contribution >= 4 is 46.9 Å². The predicted molar refractivity (Wildman–Crippen MR) is 136 cm³/mol. The minimum Gasteiger partial charge on any atom is -0.386 e. The molecule has 1 N–H and O–H groups in total. The number of amides is 1. The van der Waals surface area contributed by atoms with Gasteiger partial charge in [0, 0.05) is 15.2 Å². The van der Waals surface area contributed by atoms with Gasteiger partial charge < -0.3 is 18.9 Å². The van der Waals surface area contributed by atoms with Crippen LogP contribution in [0.3, 0.4) is 0 Å². The van der Waals surface area contributed by atoms with Gasteiger partial charge in [0.2, 0.25) is 0 Å². The van der Waals surface area contributed by atoms with Gasteiger partial charge in [-0.15, -0.1) is 0 Å². The van der Waals surface area contributed by atoms with E-state index in [1.54, 1.807) is 84.9 Å². The Morgan fingerprint density at radius 2 is 1.32 bits per heavy atom. The second-order valence-electron chi connectivity index (χ2n) is 6.95. The first kappa shape index (κ1) is 23.9. The van der Waals surface area contributed by atoms with Crippen molar-refractivity contribution in [3.05, 3.63) is 118 Å². The van der Waals surface area contributed by atoms with E-state index < -0.39 is 13.7 Å². The summed E-state index contributed by atoms with van der Waals surface area (Å²) in [6, 6.07) is 28.4. The number of halogens is 2. The molecule has 6 nitrogen and oxygen atoms in total. The summed E-state index contributed by atoms with van der Waals surface area (Å²) in [5, 5.41) is 3.07. The average molecular weight is 559 g/mol. The molecule has 34 heavy (non-hydrogen) atoms. The minimum atomic E-state index is -4.29. The van der Waals surface area contributed by atoms with Crippen LogP contribution in [-0.4, -0.2) is 5.91 Å². The van der Waals surface area contributed by atoms with Crippen molar-refractivity contribution in [3.63, 3.8) is 0 Å². The zero-order valence-corrected chi connectivity index (χ0v) is 20.8. The molecule has 0 spiro atoms. The molecule has 172 valence electrons. The van der Waals surface area contributed by atoms with Crippen LogP contribution in [0.2, 0.25) is 5.02 Å². The van der Waals surface area contributed by atoms with Crippen LogP contribution in [0.4, 0.5) is 5.69 Å². The summed E-state index contributed by atoms with van der Waals surface area (Å²) in [6.07, 6.45) is 0. The van der Waals surface area contributed by atoms with Crippen molar-refractivity contribution in [2.24, 2.45) is 0 Å². The van der Waals surface area contributed by atoms with Crippen molar-refractivity contribution < 1.29 is 22.9 Å². The molecular formula is C25H18BrClNO5P. The monoisotopic (exact) mass is 557 g/mol. The van der Waals surface area contributed by atoms with Gasteiger partial charge in [0.25, 0.3) is 5.91 Å². The lowest BCUT2D eigenvalue weighted by atomic mass is 10.2. The quantitative estimate of drug-likeness (QED) is 0.222. The van der Waals surface area contributed by atoms with E-state index in [9.17, 15) is 9.36 Å². The van der Waals surface area contributed by atoms with Crippen LogP contribution in [0.5, 0.6) is 17.2 Å². The summed E-state index contributed by atoms with van der Waals surface area (Å²) in [6.45, 7) is 0. The fraction of sp³-hybridized carbons (Fsp3) is 0. The van der Waals surface area contributed by atoms with Crippen LogP contribution >= 0.6 is 35.4 Å². The SMILES string of the molecule is O=C(Nc1ccc(Br)cc1)c1cc(Cl)ccc1OP(=O)(Oc1ccccc1)Oc1ccccc1. The summed E-state index contributed by atoms with van der Waals surface area (Å²) < 4.78 is 31.7. The topological polar surface area (TPSA) is 73.9 Å². The molecule has 4 aromatic rings. The Morgan fingerprint density at radius 3 is 1.88 bits per heavy atom. The smallest absolute Gasteiger partial charge is 0.386 e. The predicted octanol–water partition coefficient (Wildman–Crippen LogP) is 8.00. The van der Waals surface area contributed by atoms with Crippen LogP contribution < -0.4 is 18.9 Å². The van der Waals surface area contributed by atoms with Gasteiger partial charge >= 0.3 is 7.82 Å². The lowest BCUT2D eigenvalue weighted by Gasteiger charge is -2.20. The summed E-state index contributed by atoms with van der Waals surface area (Å²) in [4.78, 5) is 13.0. The molecular weight excluding hydrogens is 541 g/mol. The maximum atomic E-state index is 13.7. The number of phosphoric acid groups is 1. The van der Waals surface area contributed by atoms with E-state index in [4.69, 9.17) is 25.2 Å². The standard InChI is InChI=1S/C25H18BrClNO5P/c26-18-11-14-20(15-12-18)28-25(29)23-17-19(27)13-16-24(23)33-34(30,31-21-7-3-1-4-8-21)32-22-9-5-2-6-10-22/h1-17H,(H,28,29). The highest BCUT2D eigenvalue weighted by Crippen LogP contribution is 2.50. The van der Waals surface area contributed by atoms with E-state index in [1.165, 1.54) is 18.2 Å². The highest BCUT2D eigenvalue weighted by atomic mass is 79.9. The Bertz CT molecular complexity index is 1270. The van der Waals surface area contributed by atoms with E-state index in [-0.39, 0.29) is 22.8 Å². The number of phosphoric ester groups is 1. The van der Waals surface area contributed by atoms with E-state index in [0.29, 0.717) is 10.7 Å². The van der Waals surface area contributed by atoms with Gasteiger partial charge in [-0.2, -0.15) is 4.57 Å². The van der Waals surface area contributed by atoms with Gasteiger partial charge in [-0.1, -0.05) is 63.9 Å². The number of hydrogen-bond donors (Lipinski definition) is 1. The normalized spacial score (nSPS) is 10.9. The molecule has 0 bridgehead atoms. The maximum Gasteiger partial charge on any atom is 0.647 e. The second kappa shape index (κ2) is 10.8. The number of carbonyl (C=O) groups excluding carboxylic acids is 1. The molecule has 0 aliphatic rings. The first-order valence-corrected chi connectivity index (χ1v) is 12.7. The third-order valence-electron chi connectivity index (χ3n) is 4.42. The van der Waals surface area contributed by atoms with Crippen LogP contribution in [0.15, 0.2) is 108 Å². The van der Waals surface area contributed by atoms with Crippen molar-refractivity contribution in [1.29, 1.82) is 0 Å². The summed E-state index contributed by atoms with van der Waals surface area (Å²) in [5.74, 6) is 0.0215. The number of nitrogens with one attached hydrogen (secondary N) is 1. The van der Waals surface area contributed by atoms with Crippen molar-refractivity contribution in [1.82, 2.24) is 0 Å². The highest BCUT2D eigenvalue weighted by molar-refractivity contribution is 9.10. The Labute approximate surface area is 210 Å². The Morgan fingerprint density at radius 1 is 0.765 bits per heavy atom. The second-order valence-corrected chi connectivity index (χ2v) is 9.74. The van der Waals surface area contributed by atoms with Gasteiger partial charge in [0.05, 0.1) is 5.56 Å². The van der Waals surface area contributed by atoms with Crippen molar-refractivity contribution in [2.45, 2.75) is 0 Å². The third-order valence-corrected chi connectivity index (χ3v) is 6.47. The summed E-state index contributed by atoms with van der Waals surface area (Å²) >= 11 is 9.50. The van der Waals surface area contributed by atoms with Crippen molar-refractivity contribution in [2.75, 3.05) is 5.32 Å². The molecule has 0 fully saturated rings. The molecule has 0 atom stereocenters. The number of hydrogen-bond acceptors (Lipinski definition) is 5. The van der Waals surface area contributed by atoms with Gasteiger partial charge in [-0.25, -0.2) is 0 Å². The minimum absolute atomic E-state index is 0.0193. The molecule has 0 saturated heterocycles. The number of benzene rings is 4. The Balaban J connectivity index is 1.66. The number of para-hydroxylation sites is 2. The first-order valence-electron chi connectivity index (χ1n) is 10.1. The number of rotatable bonds is 8. The molecule has 0 saturated carbocycles. The molecule has 0 aliphatic heterocycles. The zero-order valence-electron chi connectivity index (χ0n) is 17.6. The van der Waals surface area contributed by atoms with Crippen LogP contribution in [0, 0.1) is 0 Å². The van der Waals surface area contributed by atoms with Crippen molar-refractivity contribution in [3.8, 4) is 17.2 Å². The lowest BCUT2D eigenvalue weighted by molar-refractivity contribution is 0.102. The van der Waals surface area contributed by atoms with Gasteiger partial charge in [-0.3, -0.25) is 4.79 Å². The Kier molecular flexibility index (Phi) is 7.58. The Hall–Kier alpha value is -3.25. The summed E-state index contributed by atoms with van der Waals surface area (Å²) in [7, 11) is -4.29. The molecule has 9 heteroatoms. The number of carbonyl (C=O) groups is 1. The molecule has 0 unspecified atom stereocenters. The van der Waals surface area contributed by atoms with Gasteiger partial charge in [0.15, 0.2) is 0 Å². The molecule has 4 rings (SSSR count). The molecule has 0 radical (unpaired) electrons. The maximum absolute atomic E-state index is 13.7. The molecule has 4 aromatic carbocycles. The van der Waals surface area contributed by atoms with Crippen LogP contribution in [0.25, 0.3) is 0 Å². The van der Waals surface area contributed by atoms with Crippen LogP contribution in [0.1, 0.15) is 10.4 Å². The fourth-order valence-corrected chi connectivity index (χ4v) is 4.60. The average Bonchev–Trinajstić information content (AvgIpc) is 2.83. The lowest BCUT2D eigenvalue weighted by Crippen LogP contribution is -2.15. The van der Waals surface area contributed by atoms with Gasteiger partial charge in [-0.05, 0) is 66.7 Å². The molecule has 0 aromatic heterocycles. The van der Waals surface area contributed by atoms with E-state index >= 15 is 0 Å². The van der Waals surface area contributed by atoms with E-state index in [0.717, 1.165) is 4.47 Å². The largest absolute Gasteiger partial charge is 0.647 e.